The minimum absolute atomic E-state index is 0.0549. The summed E-state index contributed by atoms with van der Waals surface area (Å²) >= 11 is 0. The molecule has 1 N–H and O–H groups in total. The second-order valence-electron chi connectivity index (χ2n) is 7.28. The maximum absolute atomic E-state index is 12.6. The van der Waals surface area contributed by atoms with Gasteiger partial charge in [-0.05, 0) is 43.5 Å². The van der Waals surface area contributed by atoms with Crippen LogP contribution in [0.25, 0.3) is 11.2 Å². The molecular formula is C21H24N6O. The van der Waals surface area contributed by atoms with E-state index in [4.69, 9.17) is 0 Å². The summed E-state index contributed by atoms with van der Waals surface area (Å²) < 4.78 is 3.67. The number of allylic oxidation sites excluding steroid dienone is 2. The maximum atomic E-state index is 12.6. The number of carbonyl (C=O) groups is 1. The van der Waals surface area contributed by atoms with Crippen molar-refractivity contribution in [3.8, 4) is 0 Å². The van der Waals surface area contributed by atoms with Crippen molar-refractivity contribution in [2.24, 2.45) is 0 Å². The Hall–Kier alpha value is -3.35. The smallest absolute Gasteiger partial charge is 0.272 e. The summed E-state index contributed by atoms with van der Waals surface area (Å²) in [6.07, 6.45) is 8.41. The number of rotatable bonds is 5. The lowest BCUT2D eigenvalue weighted by Crippen LogP contribution is -2.37. The second-order valence-corrected chi connectivity index (χ2v) is 7.28. The van der Waals surface area contributed by atoms with E-state index in [1.54, 1.807) is 16.9 Å². The fourth-order valence-corrected chi connectivity index (χ4v) is 3.55. The van der Waals surface area contributed by atoms with Gasteiger partial charge in [0.25, 0.3) is 5.91 Å². The van der Waals surface area contributed by atoms with Crippen molar-refractivity contribution in [3.05, 3.63) is 66.9 Å². The molecule has 144 valence electrons. The molecule has 1 saturated heterocycles. The Morgan fingerprint density at radius 2 is 2.07 bits per heavy atom. The zero-order valence-electron chi connectivity index (χ0n) is 16.2. The average molecular weight is 376 g/mol. The number of anilines is 1. The highest BCUT2D eigenvalue weighted by atomic mass is 16.2. The summed E-state index contributed by atoms with van der Waals surface area (Å²) in [4.78, 5) is 19.4. The summed E-state index contributed by atoms with van der Waals surface area (Å²) in [6.45, 7) is 13.3. The van der Waals surface area contributed by atoms with Gasteiger partial charge in [-0.1, -0.05) is 13.2 Å². The van der Waals surface area contributed by atoms with Gasteiger partial charge in [0.1, 0.15) is 0 Å². The molecule has 1 unspecified atom stereocenters. The highest BCUT2D eigenvalue weighted by Gasteiger charge is 2.27. The summed E-state index contributed by atoms with van der Waals surface area (Å²) in [7, 11) is 0. The highest BCUT2D eigenvalue weighted by Crippen LogP contribution is 2.26. The van der Waals surface area contributed by atoms with Crippen molar-refractivity contribution in [2.45, 2.75) is 26.3 Å². The first-order chi connectivity index (χ1) is 13.4. The number of nitrogens with zero attached hydrogens (tertiary/aromatic N) is 5. The van der Waals surface area contributed by atoms with Gasteiger partial charge < -0.3 is 14.6 Å². The van der Waals surface area contributed by atoms with Gasteiger partial charge in [0, 0.05) is 43.9 Å². The van der Waals surface area contributed by atoms with E-state index >= 15 is 0 Å². The summed E-state index contributed by atoms with van der Waals surface area (Å²) in [6, 6.07) is 3.84. The van der Waals surface area contributed by atoms with E-state index in [0.29, 0.717) is 11.4 Å². The molecule has 1 fully saturated rings. The first-order valence-corrected chi connectivity index (χ1v) is 9.33. The lowest BCUT2D eigenvalue weighted by molar-refractivity contribution is 0.0935. The lowest BCUT2D eigenvalue weighted by atomic mass is 10.2. The number of aryl methyl sites for hydroxylation is 1. The van der Waals surface area contributed by atoms with E-state index in [9.17, 15) is 4.79 Å². The molecule has 1 amide bonds. The zero-order chi connectivity index (χ0) is 19.8. The van der Waals surface area contributed by atoms with Gasteiger partial charge in [-0.3, -0.25) is 4.79 Å². The largest absolute Gasteiger partial charge is 0.353 e. The van der Waals surface area contributed by atoms with Gasteiger partial charge in [0.05, 0.1) is 11.2 Å². The monoisotopic (exact) mass is 376 g/mol. The molecule has 0 aromatic carbocycles. The molecule has 0 spiro atoms. The number of fused-ring (bicyclic) bond motifs is 1. The molecule has 1 atom stereocenters. The van der Waals surface area contributed by atoms with Crippen LogP contribution in [0.1, 0.15) is 29.4 Å². The average Bonchev–Trinajstić information content (AvgIpc) is 3.41. The third-order valence-electron chi connectivity index (χ3n) is 5.17. The molecule has 4 heterocycles. The van der Waals surface area contributed by atoms with Gasteiger partial charge in [0.2, 0.25) is 0 Å². The SMILES string of the molecule is C=C(C)C(=C)n1ccc(C(=O)NC2CCN(c3nccn4ccc(C)c34)C2)n1. The standard InChI is InChI=1S/C21H24N6O/c1-14(2)16(4)27-11-7-18(24-27)21(28)23-17-6-10-26(13-17)20-19-15(3)5-9-25(19)12-8-22-20/h5,7-9,11-12,17H,1,4,6,10,13H2,2-3H3,(H,23,28). The number of hydrogen-bond acceptors (Lipinski definition) is 4. The van der Waals surface area contributed by atoms with E-state index in [1.165, 1.54) is 5.56 Å². The maximum Gasteiger partial charge on any atom is 0.272 e. The molecule has 28 heavy (non-hydrogen) atoms. The Labute approximate surface area is 164 Å². The molecule has 0 radical (unpaired) electrons. The highest BCUT2D eigenvalue weighted by molar-refractivity contribution is 5.92. The van der Waals surface area contributed by atoms with Gasteiger partial charge in [0.15, 0.2) is 11.5 Å². The quantitative estimate of drug-likeness (QED) is 0.696. The van der Waals surface area contributed by atoms with Crippen LogP contribution in [0.2, 0.25) is 0 Å². The number of hydrogen-bond donors (Lipinski definition) is 1. The minimum Gasteiger partial charge on any atom is -0.353 e. The van der Waals surface area contributed by atoms with Crippen LogP contribution in [0.4, 0.5) is 5.82 Å². The third kappa shape index (κ3) is 3.19. The van der Waals surface area contributed by atoms with Crippen molar-refractivity contribution in [2.75, 3.05) is 18.0 Å². The molecule has 0 saturated carbocycles. The van der Waals surface area contributed by atoms with Crippen LogP contribution >= 0.6 is 0 Å². The minimum atomic E-state index is -0.176. The Balaban J connectivity index is 1.45. The fourth-order valence-electron chi connectivity index (χ4n) is 3.55. The normalized spacial score (nSPS) is 16.5. The number of amides is 1. The number of aromatic nitrogens is 4. The third-order valence-corrected chi connectivity index (χ3v) is 5.17. The van der Waals surface area contributed by atoms with Crippen molar-refractivity contribution >= 4 is 22.9 Å². The topological polar surface area (TPSA) is 67.5 Å². The van der Waals surface area contributed by atoms with E-state index in [0.717, 1.165) is 36.4 Å². The van der Waals surface area contributed by atoms with Crippen LogP contribution in [-0.4, -0.2) is 44.2 Å². The van der Waals surface area contributed by atoms with Crippen LogP contribution in [-0.2, 0) is 0 Å². The van der Waals surface area contributed by atoms with E-state index in [2.05, 4.69) is 50.8 Å². The Morgan fingerprint density at radius 1 is 1.25 bits per heavy atom. The summed E-state index contributed by atoms with van der Waals surface area (Å²) in [5.74, 6) is 0.786. The number of nitrogens with one attached hydrogen (secondary N) is 1. The van der Waals surface area contributed by atoms with E-state index < -0.39 is 0 Å². The Morgan fingerprint density at radius 3 is 2.86 bits per heavy atom. The fraction of sp³-hybridized carbons (Fsp3) is 0.286. The summed E-state index contributed by atoms with van der Waals surface area (Å²) in [5, 5.41) is 7.40. The lowest BCUT2D eigenvalue weighted by Gasteiger charge is -2.19. The van der Waals surface area contributed by atoms with Gasteiger partial charge in [-0.15, -0.1) is 0 Å². The predicted octanol–water partition coefficient (Wildman–Crippen LogP) is 2.89. The van der Waals surface area contributed by atoms with Crippen LogP contribution in [0.5, 0.6) is 0 Å². The molecule has 7 nitrogen and oxygen atoms in total. The molecule has 3 aromatic heterocycles. The van der Waals surface area contributed by atoms with Crippen molar-refractivity contribution in [3.63, 3.8) is 0 Å². The van der Waals surface area contributed by atoms with Crippen molar-refractivity contribution in [1.29, 1.82) is 0 Å². The van der Waals surface area contributed by atoms with Crippen LogP contribution in [0.3, 0.4) is 0 Å². The molecule has 3 aromatic rings. The van der Waals surface area contributed by atoms with Crippen molar-refractivity contribution in [1.82, 2.24) is 24.5 Å². The van der Waals surface area contributed by atoms with E-state index in [-0.39, 0.29) is 11.9 Å². The second kappa shape index (κ2) is 6.99. The Kier molecular flexibility index (Phi) is 4.50. The summed E-state index contributed by atoms with van der Waals surface area (Å²) in [5.41, 5.74) is 4.17. The van der Waals surface area contributed by atoms with Crippen LogP contribution < -0.4 is 10.2 Å². The van der Waals surface area contributed by atoms with Gasteiger partial charge >= 0.3 is 0 Å². The van der Waals surface area contributed by atoms with Crippen LogP contribution in [0.15, 0.2) is 55.7 Å². The van der Waals surface area contributed by atoms with Crippen LogP contribution in [0, 0.1) is 6.92 Å². The molecule has 1 aliphatic rings. The molecular weight excluding hydrogens is 352 g/mol. The number of carbonyl (C=O) groups excluding carboxylic acids is 1. The van der Waals surface area contributed by atoms with Gasteiger partial charge in [-0.25, -0.2) is 9.67 Å². The van der Waals surface area contributed by atoms with Gasteiger partial charge in [-0.2, -0.15) is 5.10 Å². The van der Waals surface area contributed by atoms with Crippen molar-refractivity contribution < 1.29 is 4.79 Å². The molecule has 4 rings (SSSR count). The first kappa shape index (κ1) is 18.0. The molecule has 7 heteroatoms. The molecule has 0 bridgehead atoms. The molecule has 1 aliphatic heterocycles. The van der Waals surface area contributed by atoms with E-state index in [1.807, 2.05) is 25.5 Å². The molecule has 0 aliphatic carbocycles. The zero-order valence-corrected chi connectivity index (χ0v) is 16.2. The Bertz CT molecular complexity index is 1080. The predicted molar refractivity (Wildman–Crippen MR) is 110 cm³/mol. The first-order valence-electron chi connectivity index (χ1n) is 9.33.